The van der Waals surface area contributed by atoms with Crippen molar-refractivity contribution in [2.24, 2.45) is 11.7 Å². The summed E-state index contributed by atoms with van der Waals surface area (Å²) in [6.45, 7) is 5.51. The van der Waals surface area contributed by atoms with Gasteiger partial charge in [-0.1, -0.05) is 32.0 Å². The van der Waals surface area contributed by atoms with Crippen molar-refractivity contribution in [3.8, 4) is 5.75 Å². The first-order valence-electron chi connectivity index (χ1n) is 6.60. The molecule has 1 aromatic rings. The normalized spacial score (nSPS) is 12.7. The van der Waals surface area contributed by atoms with Gasteiger partial charge in [0.15, 0.2) is 0 Å². The third-order valence-electron chi connectivity index (χ3n) is 3.12. The van der Waals surface area contributed by atoms with E-state index in [0.717, 1.165) is 18.6 Å². The molecule has 2 N–H and O–H groups in total. The second kappa shape index (κ2) is 8.11. The lowest BCUT2D eigenvalue weighted by atomic mass is 9.97. The molecular weight excluding hydrogens is 226 g/mol. The first-order valence-corrected chi connectivity index (χ1v) is 6.60. The van der Waals surface area contributed by atoms with E-state index >= 15 is 0 Å². The van der Waals surface area contributed by atoms with E-state index in [0.29, 0.717) is 19.1 Å². The molecule has 1 unspecified atom stereocenters. The topological polar surface area (TPSA) is 44.5 Å². The third-order valence-corrected chi connectivity index (χ3v) is 3.12. The van der Waals surface area contributed by atoms with Crippen LogP contribution in [0.3, 0.4) is 0 Å². The minimum atomic E-state index is 0.247. The molecule has 0 aliphatic heterocycles. The third kappa shape index (κ3) is 5.07. The highest BCUT2D eigenvalue weighted by molar-refractivity contribution is 5.33. The highest BCUT2D eigenvalue weighted by Crippen LogP contribution is 2.20. The van der Waals surface area contributed by atoms with Crippen molar-refractivity contribution in [2.75, 3.05) is 20.3 Å². The Morgan fingerprint density at radius 3 is 2.56 bits per heavy atom. The molecule has 0 aliphatic rings. The SMILES string of the molecule is COCCOc1ccccc1CCC(N)C(C)C. The van der Waals surface area contributed by atoms with Gasteiger partial charge in [0.2, 0.25) is 0 Å². The molecule has 0 heterocycles. The fourth-order valence-corrected chi connectivity index (χ4v) is 1.74. The molecule has 0 spiro atoms. The first kappa shape index (κ1) is 15.0. The van der Waals surface area contributed by atoms with Crippen molar-refractivity contribution in [3.63, 3.8) is 0 Å². The monoisotopic (exact) mass is 251 g/mol. The Balaban J connectivity index is 2.53. The molecule has 0 amide bonds. The highest BCUT2D eigenvalue weighted by atomic mass is 16.5. The van der Waals surface area contributed by atoms with E-state index in [4.69, 9.17) is 15.2 Å². The number of para-hydroxylation sites is 1. The van der Waals surface area contributed by atoms with Crippen LogP contribution < -0.4 is 10.5 Å². The highest BCUT2D eigenvalue weighted by Gasteiger charge is 2.09. The summed E-state index contributed by atoms with van der Waals surface area (Å²) in [6.07, 6.45) is 1.95. The van der Waals surface area contributed by atoms with E-state index in [1.807, 2.05) is 18.2 Å². The second-order valence-corrected chi connectivity index (χ2v) is 4.90. The van der Waals surface area contributed by atoms with Gasteiger partial charge < -0.3 is 15.2 Å². The van der Waals surface area contributed by atoms with Crippen LogP contribution in [0.15, 0.2) is 24.3 Å². The molecule has 1 rings (SSSR count). The zero-order valence-corrected chi connectivity index (χ0v) is 11.7. The lowest BCUT2D eigenvalue weighted by Gasteiger charge is -2.16. The van der Waals surface area contributed by atoms with Crippen molar-refractivity contribution in [1.82, 2.24) is 0 Å². The lowest BCUT2D eigenvalue weighted by molar-refractivity contribution is 0.145. The van der Waals surface area contributed by atoms with Crippen LogP contribution in [0.25, 0.3) is 0 Å². The van der Waals surface area contributed by atoms with Crippen molar-refractivity contribution in [3.05, 3.63) is 29.8 Å². The summed E-state index contributed by atoms with van der Waals surface area (Å²) >= 11 is 0. The number of aryl methyl sites for hydroxylation is 1. The van der Waals surface area contributed by atoms with Crippen LogP contribution >= 0.6 is 0 Å². The van der Waals surface area contributed by atoms with Gasteiger partial charge in [-0.2, -0.15) is 0 Å². The van der Waals surface area contributed by atoms with Crippen LogP contribution in [-0.4, -0.2) is 26.4 Å². The molecule has 0 bridgehead atoms. The van der Waals surface area contributed by atoms with E-state index in [2.05, 4.69) is 19.9 Å². The van der Waals surface area contributed by atoms with Crippen molar-refractivity contribution >= 4 is 0 Å². The van der Waals surface area contributed by atoms with Crippen molar-refractivity contribution < 1.29 is 9.47 Å². The van der Waals surface area contributed by atoms with E-state index in [1.54, 1.807) is 7.11 Å². The second-order valence-electron chi connectivity index (χ2n) is 4.90. The maximum absolute atomic E-state index is 6.08. The Kier molecular flexibility index (Phi) is 6.76. The number of hydrogen-bond acceptors (Lipinski definition) is 3. The fourth-order valence-electron chi connectivity index (χ4n) is 1.74. The average Bonchev–Trinajstić information content (AvgIpc) is 2.37. The summed E-state index contributed by atoms with van der Waals surface area (Å²) in [5, 5.41) is 0. The van der Waals surface area contributed by atoms with Gasteiger partial charge in [0.25, 0.3) is 0 Å². The van der Waals surface area contributed by atoms with Crippen molar-refractivity contribution in [1.29, 1.82) is 0 Å². The maximum Gasteiger partial charge on any atom is 0.122 e. The van der Waals surface area contributed by atoms with Crippen LogP contribution in [0.5, 0.6) is 5.75 Å². The van der Waals surface area contributed by atoms with Gasteiger partial charge in [-0.15, -0.1) is 0 Å². The smallest absolute Gasteiger partial charge is 0.122 e. The summed E-state index contributed by atoms with van der Waals surface area (Å²) in [4.78, 5) is 0. The van der Waals surface area contributed by atoms with E-state index < -0.39 is 0 Å². The number of ether oxygens (including phenoxy) is 2. The van der Waals surface area contributed by atoms with Gasteiger partial charge in [0.05, 0.1) is 6.61 Å². The largest absolute Gasteiger partial charge is 0.491 e. The Hall–Kier alpha value is -1.06. The number of methoxy groups -OCH3 is 1. The van der Waals surface area contributed by atoms with Gasteiger partial charge in [-0.05, 0) is 30.4 Å². The zero-order chi connectivity index (χ0) is 13.4. The molecule has 0 fully saturated rings. The number of hydrogen-bond donors (Lipinski definition) is 1. The van der Waals surface area contributed by atoms with Gasteiger partial charge in [0.1, 0.15) is 12.4 Å². The molecule has 3 nitrogen and oxygen atoms in total. The fraction of sp³-hybridized carbons (Fsp3) is 0.600. The molecule has 0 saturated carbocycles. The molecule has 0 aliphatic carbocycles. The van der Waals surface area contributed by atoms with Gasteiger partial charge in [-0.3, -0.25) is 0 Å². The Labute approximate surface area is 110 Å². The summed E-state index contributed by atoms with van der Waals surface area (Å²) in [7, 11) is 1.68. The predicted octanol–water partition coefficient (Wildman–Crippen LogP) is 2.63. The Morgan fingerprint density at radius 2 is 1.89 bits per heavy atom. The molecule has 0 saturated heterocycles. The maximum atomic E-state index is 6.08. The number of benzene rings is 1. The van der Waals surface area contributed by atoms with Gasteiger partial charge in [-0.25, -0.2) is 0 Å². The Morgan fingerprint density at radius 1 is 1.17 bits per heavy atom. The summed E-state index contributed by atoms with van der Waals surface area (Å²) in [6, 6.07) is 8.39. The van der Waals surface area contributed by atoms with Crippen LogP contribution in [0.2, 0.25) is 0 Å². The minimum Gasteiger partial charge on any atom is -0.491 e. The molecule has 1 aromatic carbocycles. The molecule has 18 heavy (non-hydrogen) atoms. The molecular formula is C15H25NO2. The van der Waals surface area contributed by atoms with E-state index in [1.165, 1.54) is 5.56 Å². The molecule has 3 heteroatoms. The van der Waals surface area contributed by atoms with Crippen LogP contribution in [0.1, 0.15) is 25.8 Å². The van der Waals surface area contributed by atoms with E-state index in [-0.39, 0.29) is 6.04 Å². The summed E-state index contributed by atoms with van der Waals surface area (Å²) in [5.74, 6) is 1.47. The minimum absolute atomic E-state index is 0.247. The first-order chi connectivity index (χ1) is 8.65. The van der Waals surface area contributed by atoms with E-state index in [9.17, 15) is 0 Å². The van der Waals surface area contributed by atoms with Crippen LogP contribution in [0.4, 0.5) is 0 Å². The molecule has 0 radical (unpaired) electrons. The Bertz CT molecular complexity index is 339. The van der Waals surface area contributed by atoms with Gasteiger partial charge >= 0.3 is 0 Å². The van der Waals surface area contributed by atoms with Gasteiger partial charge in [0, 0.05) is 13.2 Å². The predicted molar refractivity (Wildman–Crippen MR) is 74.9 cm³/mol. The van der Waals surface area contributed by atoms with Crippen LogP contribution in [-0.2, 0) is 11.2 Å². The summed E-state index contributed by atoms with van der Waals surface area (Å²) < 4.78 is 10.7. The quantitative estimate of drug-likeness (QED) is 0.722. The van der Waals surface area contributed by atoms with Crippen molar-refractivity contribution in [2.45, 2.75) is 32.7 Å². The summed E-state index contributed by atoms with van der Waals surface area (Å²) in [5.41, 5.74) is 7.30. The molecule has 0 aromatic heterocycles. The molecule has 102 valence electrons. The lowest BCUT2D eigenvalue weighted by Crippen LogP contribution is -2.26. The zero-order valence-electron chi connectivity index (χ0n) is 11.7. The number of rotatable bonds is 8. The standard InChI is InChI=1S/C15H25NO2/c1-12(2)14(16)9-8-13-6-4-5-7-15(13)18-11-10-17-3/h4-7,12,14H,8-11,16H2,1-3H3. The average molecular weight is 251 g/mol. The molecule has 1 atom stereocenters. The van der Waals surface area contributed by atoms with Crippen LogP contribution in [0, 0.1) is 5.92 Å². The number of nitrogens with two attached hydrogens (primary N) is 1.